The minimum atomic E-state index is -1.11. The number of hydrogen-bond acceptors (Lipinski definition) is 6. The molecule has 2 amide bonds. The lowest BCUT2D eigenvalue weighted by Gasteiger charge is -2.17. The first-order chi connectivity index (χ1) is 8.85. The van der Waals surface area contributed by atoms with Crippen LogP contribution in [0.2, 0.25) is 0 Å². The van der Waals surface area contributed by atoms with Gasteiger partial charge in [0.05, 0.1) is 13.2 Å². The first-order valence-corrected chi connectivity index (χ1v) is 6.05. The molecule has 1 atom stereocenters. The molecular weight excluding hydrogens is 252 g/mol. The van der Waals surface area contributed by atoms with Crippen molar-refractivity contribution in [3.05, 3.63) is 0 Å². The van der Waals surface area contributed by atoms with Crippen LogP contribution in [-0.4, -0.2) is 59.9 Å². The van der Waals surface area contributed by atoms with Gasteiger partial charge in [-0.25, -0.2) is 0 Å². The first kappa shape index (κ1) is 17.5. The van der Waals surface area contributed by atoms with Gasteiger partial charge < -0.3 is 20.8 Å². The Morgan fingerprint density at radius 1 is 1.16 bits per heavy atom. The Bertz CT molecular complexity index is 331. The van der Waals surface area contributed by atoms with E-state index >= 15 is 0 Å². The number of aliphatic hydroxyl groups is 2. The third kappa shape index (κ3) is 6.82. The maximum Gasteiger partial charge on any atom is 0.249 e. The molecule has 0 saturated heterocycles. The van der Waals surface area contributed by atoms with Crippen molar-refractivity contribution in [1.82, 2.24) is 10.6 Å². The number of azo groups is 1. The molecule has 110 valence electrons. The first-order valence-electron chi connectivity index (χ1n) is 6.05. The summed E-state index contributed by atoms with van der Waals surface area (Å²) in [7, 11) is 0. The van der Waals surface area contributed by atoms with Crippen LogP contribution < -0.4 is 10.6 Å². The van der Waals surface area contributed by atoms with Gasteiger partial charge >= 0.3 is 0 Å². The van der Waals surface area contributed by atoms with Gasteiger partial charge in [-0.05, 0) is 20.8 Å². The molecule has 0 aromatic heterocycles. The zero-order chi connectivity index (χ0) is 14.9. The number of nitrogens with one attached hydrogen (secondary N) is 2. The molecule has 0 spiro atoms. The summed E-state index contributed by atoms with van der Waals surface area (Å²) in [5, 5.41) is 29.8. The van der Waals surface area contributed by atoms with E-state index in [0.717, 1.165) is 0 Å². The summed E-state index contributed by atoms with van der Waals surface area (Å²) in [6.45, 7) is 4.65. The quantitative estimate of drug-likeness (QED) is 0.416. The Balaban J connectivity index is 4.42. The lowest BCUT2D eigenvalue weighted by atomic mass is 10.1. The summed E-state index contributed by atoms with van der Waals surface area (Å²) >= 11 is 0. The summed E-state index contributed by atoms with van der Waals surface area (Å²) < 4.78 is 0. The number of nitrogens with zero attached hydrogens (tertiary/aromatic N) is 2. The van der Waals surface area contributed by atoms with Crippen LogP contribution in [0.15, 0.2) is 10.2 Å². The van der Waals surface area contributed by atoms with Gasteiger partial charge in [-0.2, -0.15) is 10.2 Å². The van der Waals surface area contributed by atoms with E-state index in [1.807, 2.05) is 0 Å². The molecule has 0 aromatic carbocycles. The number of amides is 2. The van der Waals surface area contributed by atoms with Crippen LogP contribution in [-0.2, 0) is 9.59 Å². The Morgan fingerprint density at radius 2 is 1.68 bits per heavy atom. The highest BCUT2D eigenvalue weighted by Gasteiger charge is 2.27. The Hall–Kier alpha value is -1.54. The summed E-state index contributed by atoms with van der Waals surface area (Å²) in [6.07, 6.45) is 0. The molecule has 0 bridgehead atoms. The average molecular weight is 274 g/mol. The summed E-state index contributed by atoms with van der Waals surface area (Å²) in [4.78, 5) is 23.1. The number of carbonyl (C=O) groups excluding carboxylic acids is 2. The van der Waals surface area contributed by atoms with Gasteiger partial charge in [0, 0.05) is 13.1 Å². The van der Waals surface area contributed by atoms with E-state index in [0.29, 0.717) is 0 Å². The smallest absolute Gasteiger partial charge is 0.249 e. The molecule has 8 nitrogen and oxygen atoms in total. The van der Waals surface area contributed by atoms with Gasteiger partial charge in [-0.3, -0.25) is 9.59 Å². The van der Waals surface area contributed by atoms with Crippen molar-refractivity contribution in [2.24, 2.45) is 10.2 Å². The molecule has 0 rings (SSSR count). The van der Waals surface area contributed by atoms with Crippen LogP contribution in [0.3, 0.4) is 0 Å². The summed E-state index contributed by atoms with van der Waals surface area (Å²) in [6, 6.07) is -0.739. The van der Waals surface area contributed by atoms with Crippen LogP contribution in [0, 0.1) is 0 Å². The molecule has 4 N–H and O–H groups in total. The van der Waals surface area contributed by atoms with Gasteiger partial charge in [0.1, 0.15) is 6.04 Å². The van der Waals surface area contributed by atoms with E-state index in [1.165, 1.54) is 6.92 Å². The SMILES string of the molecule is CC(N=NC(C)(C)C(=O)NCCO)C(=O)NCCO. The second-order valence-corrected chi connectivity index (χ2v) is 4.44. The topological polar surface area (TPSA) is 123 Å². The van der Waals surface area contributed by atoms with Crippen LogP contribution >= 0.6 is 0 Å². The van der Waals surface area contributed by atoms with Gasteiger partial charge in [0.2, 0.25) is 11.8 Å². The van der Waals surface area contributed by atoms with Crippen molar-refractivity contribution >= 4 is 11.8 Å². The van der Waals surface area contributed by atoms with Gasteiger partial charge in [-0.1, -0.05) is 0 Å². The molecule has 1 unspecified atom stereocenters. The third-order valence-corrected chi connectivity index (χ3v) is 2.22. The van der Waals surface area contributed by atoms with E-state index in [9.17, 15) is 9.59 Å². The molecule has 19 heavy (non-hydrogen) atoms. The lowest BCUT2D eigenvalue weighted by molar-refractivity contribution is -0.126. The standard InChI is InChI=1S/C11H22N4O4/c1-8(9(18)12-4-6-16)14-15-11(2,3)10(19)13-5-7-17/h8,16-17H,4-7H2,1-3H3,(H,12,18)(H,13,19). The van der Waals surface area contributed by atoms with Crippen LogP contribution in [0.5, 0.6) is 0 Å². The van der Waals surface area contributed by atoms with Gasteiger partial charge in [-0.15, -0.1) is 0 Å². The molecule has 8 heteroatoms. The maximum atomic E-state index is 11.7. The second kappa shape index (κ2) is 8.54. The Morgan fingerprint density at radius 3 is 2.21 bits per heavy atom. The van der Waals surface area contributed by atoms with E-state index in [-0.39, 0.29) is 38.1 Å². The second-order valence-electron chi connectivity index (χ2n) is 4.44. The van der Waals surface area contributed by atoms with E-state index < -0.39 is 11.6 Å². The fraction of sp³-hybridized carbons (Fsp3) is 0.818. The predicted octanol–water partition coefficient (Wildman–Crippen LogP) is -1.18. The van der Waals surface area contributed by atoms with Crippen LogP contribution in [0.4, 0.5) is 0 Å². The molecule has 0 heterocycles. The number of aliphatic hydroxyl groups excluding tert-OH is 2. The number of hydrogen-bond donors (Lipinski definition) is 4. The zero-order valence-electron chi connectivity index (χ0n) is 11.5. The summed E-state index contributed by atoms with van der Waals surface area (Å²) in [5.41, 5.74) is -1.11. The number of rotatable bonds is 8. The van der Waals surface area contributed by atoms with E-state index in [4.69, 9.17) is 10.2 Å². The molecule has 0 aliphatic heterocycles. The normalized spacial score (nSPS) is 13.3. The maximum absolute atomic E-state index is 11.7. The minimum absolute atomic E-state index is 0.143. The van der Waals surface area contributed by atoms with Gasteiger partial charge in [0.25, 0.3) is 0 Å². The molecule has 0 saturated carbocycles. The van der Waals surface area contributed by atoms with Crippen molar-refractivity contribution in [3.63, 3.8) is 0 Å². The number of carbonyl (C=O) groups is 2. The monoisotopic (exact) mass is 274 g/mol. The highest BCUT2D eigenvalue weighted by molar-refractivity contribution is 5.85. The fourth-order valence-corrected chi connectivity index (χ4v) is 1.04. The van der Waals surface area contributed by atoms with Crippen molar-refractivity contribution in [2.75, 3.05) is 26.3 Å². The highest BCUT2D eigenvalue weighted by atomic mass is 16.3. The predicted molar refractivity (Wildman–Crippen MR) is 68.6 cm³/mol. The van der Waals surface area contributed by atoms with Crippen molar-refractivity contribution in [1.29, 1.82) is 0 Å². The molecule has 0 radical (unpaired) electrons. The zero-order valence-corrected chi connectivity index (χ0v) is 11.5. The van der Waals surface area contributed by atoms with Gasteiger partial charge in [0.15, 0.2) is 5.54 Å². The lowest BCUT2D eigenvalue weighted by Crippen LogP contribution is -2.42. The Labute approximate surface area is 112 Å². The van der Waals surface area contributed by atoms with Crippen molar-refractivity contribution in [2.45, 2.75) is 32.4 Å². The van der Waals surface area contributed by atoms with Crippen LogP contribution in [0.1, 0.15) is 20.8 Å². The van der Waals surface area contributed by atoms with E-state index in [2.05, 4.69) is 20.9 Å². The molecule has 0 aliphatic carbocycles. The molecule has 0 fully saturated rings. The summed E-state index contributed by atoms with van der Waals surface area (Å²) in [5.74, 6) is -0.752. The molecule has 0 aliphatic rings. The minimum Gasteiger partial charge on any atom is -0.395 e. The molecule has 0 aromatic rings. The highest BCUT2D eigenvalue weighted by Crippen LogP contribution is 2.10. The van der Waals surface area contributed by atoms with Crippen molar-refractivity contribution in [3.8, 4) is 0 Å². The average Bonchev–Trinajstić information content (AvgIpc) is 2.39. The van der Waals surface area contributed by atoms with E-state index in [1.54, 1.807) is 13.8 Å². The fourth-order valence-electron chi connectivity index (χ4n) is 1.04. The third-order valence-electron chi connectivity index (χ3n) is 2.22. The van der Waals surface area contributed by atoms with Crippen molar-refractivity contribution < 1.29 is 19.8 Å². The largest absolute Gasteiger partial charge is 0.395 e. The Kier molecular flexibility index (Phi) is 7.85. The molecular formula is C11H22N4O4. The van der Waals surface area contributed by atoms with Crippen LogP contribution in [0.25, 0.3) is 0 Å².